The van der Waals surface area contributed by atoms with E-state index in [0.29, 0.717) is 6.54 Å². The second-order valence-electron chi connectivity index (χ2n) is 11.1. The van der Waals surface area contributed by atoms with Crippen molar-refractivity contribution in [3.8, 4) is 6.07 Å². The molecule has 1 heterocycles. The molecule has 0 unspecified atom stereocenters. The molecule has 10 heteroatoms. The number of carbonyl (C=O) groups is 2. The lowest BCUT2D eigenvalue weighted by Crippen LogP contribution is -2.62. The summed E-state index contributed by atoms with van der Waals surface area (Å²) >= 11 is 5.31. The van der Waals surface area contributed by atoms with Crippen LogP contribution in [0, 0.1) is 34.0 Å². The van der Waals surface area contributed by atoms with Crippen LogP contribution in [0.3, 0.4) is 0 Å². The van der Waals surface area contributed by atoms with E-state index >= 15 is 0 Å². The van der Waals surface area contributed by atoms with E-state index in [1.54, 1.807) is 11.8 Å². The van der Waals surface area contributed by atoms with Crippen LogP contribution in [-0.4, -0.2) is 58.5 Å². The molecule has 7 nitrogen and oxygen atoms in total. The van der Waals surface area contributed by atoms with Gasteiger partial charge in [-0.25, -0.2) is 8.78 Å². The van der Waals surface area contributed by atoms with Crippen LogP contribution in [-0.2, 0) is 9.59 Å². The van der Waals surface area contributed by atoms with Crippen LogP contribution < -0.4 is 16.0 Å². The van der Waals surface area contributed by atoms with Crippen LogP contribution in [0.1, 0.15) is 54.4 Å². The Kier molecular flexibility index (Phi) is 6.22. The van der Waals surface area contributed by atoms with Crippen LogP contribution in [0.2, 0.25) is 0 Å². The van der Waals surface area contributed by atoms with Crippen molar-refractivity contribution in [1.29, 1.82) is 5.26 Å². The van der Waals surface area contributed by atoms with E-state index in [-0.39, 0.29) is 47.0 Å². The van der Waals surface area contributed by atoms with Crippen molar-refractivity contribution in [3.63, 3.8) is 0 Å². The number of rotatable bonds is 5. The van der Waals surface area contributed by atoms with E-state index in [0.717, 1.165) is 0 Å². The van der Waals surface area contributed by atoms with Gasteiger partial charge >= 0.3 is 0 Å². The normalized spacial score (nSPS) is 29.6. The Morgan fingerprint density at radius 2 is 1.81 bits per heavy atom. The molecule has 32 heavy (non-hydrogen) atoms. The molecule has 0 aromatic rings. The number of amides is 2. The summed E-state index contributed by atoms with van der Waals surface area (Å²) in [7, 11) is 0. The van der Waals surface area contributed by atoms with Crippen LogP contribution in [0.5, 0.6) is 0 Å². The molecule has 0 spiro atoms. The minimum Gasteiger partial charge on any atom is -0.360 e. The summed E-state index contributed by atoms with van der Waals surface area (Å²) in [5, 5.41) is 17.8. The maximum Gasteiger partial charge on any atom is 0.252 e. The number of fused-ring (bicyclic) bond motifs is 1. The first-order valence-corrected chi connectivity index (χ1v) is 11.4. The fourth-order valence-electron chi connectivity index (χ4n) is 5.08. The van der Waals surface area contributed by atoms with E-state index in [1.807, 2.05) is 26.8 Å². The highest BCUT2D eigenvalue weighted by Crippen LogP contribution is 2.65. The molecule has 5 atom stereocenters. The molecule has 3 rings (SSSR count). The molecule has 3 fully saturated rings. The van der Waals surface area contributed by atoms with Crippen molar-refractivity contribution < 1.29 is 18.4 Å². The number of nitriles is 1. The third-order valence-corrected chi connectivity index (χ3v) is 7.36. The second-order valence-corrected chi connectivity index (χ2v) is 11.5. The average Bonchev–Trinajstić information content (AvgIpc) is 2.99. The highest BCUT2D eigenvalue weighted by atomic mass is 32.1. The maximum atomic E-state index is 13.7. The summed E-state index contributed by atoms with van der Waals surface area (Å²) in [6.07, 6.45) is -0.570. The van der Waals surface area contributed by atoms with Crippen molar-refractivity contribution in [1.82, 2.24) is 20.9 Å². The van der Waals surface area contributed by atoms with Gasteiger partial charge in [0.1, 0.15) is 18.1 Å². The van der Waals surface area contributed by atoms with Crippen LogP contribution in [0.25, 0.3) is 0 Å². The van der Waals surface area contributed by atoms with E-state index in [9.17, 15) is 18.4 Å². The summed E-state index contributed by atoms with van der Waals surface area (Å²) in [6.45, 7) is 11.9. The number of halogens is 2. The first-order chi connectivity index (χ1) is 14.6. The van der Waals surface area contributed by atoms with Gasteiger partial charge in [0.05, 0.1) is 6.07 Å². The lowest BCUT2D eigenvalue weighted by Gasteiger charge is -2.40. The third-order valence-electron chi connectivity index (χ3n) is 7.13. The summed E-state index contributed by atoms with van der Waals surface area (Å²) in [5.41, 5.74) is -0.596. The molecule has 1 saturated heterocycles. The number of hydrogen-bond donors (Lipinski definition) is 3. The third kappa shape index (κ3) is 4.68. The molecule has 0 radical (unpaired) electrons. The summed E-state index contributed by atoms with van der Waals surface area (Å²) in [4.78, 5) is 28.3. The van der Waals surface area contributed by atoms with E-state index in [4.69, 9.17) is 17.5 Å². The van der Waals surface area contributed by atoms with E-state index in [2.05, 4.69) is 29.8 Å². The predicted molar refractivity (Wildman–Crippen MR) is 120 cm³/mol. The number of alkyl halides is 2. The zero-order valence-electron chi connectivity index (χ0n) is 19.5. The Morgan fingerprint density at radius 3 is 2.31 bits per heavy atom. The average molecular weight is 470 g/mol. The van der Waals surface area contributed by atoms with Crippen molar-refractivity contribution in [3.05, 3.63) is 0 Å². The minimum absolute atomic E-state index is 0.0280. The largest absolute Gasteiger partial charge is 0.360 e. The minimum atomic E-state index is -2.67. The van der Waals surface area contributed by atoms with Crippen molar-refractivity contribution >= 4 is 29.1 Å². The number of thiocarbonyl (C=S) groups is 1. The van der Waals surface area contributed by atoms with Gasteiger partial charge in [0, 0.05) is 25.4 Å². The molecule has 3 aliphatic rings. The Balaban J connectivity index is 1.74. The molecule has 1 aliphatic heterocycles. The van der Waals surface area contributed by atoms with Crippen LogP contribution in [0.4, 0.5) is 8.78 Å². The smallest absolute Gasteiger partial charge is 0.252 e. The molecule has 3 N–H and O–H groups in total. The predicted octanol–water partition coefficient (Wildman–Crippen LogP) is 2.17. The van der Waals surface area contributed by atoms with E-state index < -0.39 is 35.5 Å². The zero-order chi connectivity index (χ0) is 24.2. The molecular formula is C22H33F2N5O2S. The molecule has 0 aromatic carbocycles. The fourth-order valence-corrected chi connectivity index (χ4v) is 5.36. The van der Waals surface area contributed by atoms with Gasteiger partial charge in [-0.05, 0) is 41.8 Å². The van der Waals surface area contributed by atoms with E-state index in [1.165, 1.54) is 0 Å². The number of carbonyl (C=O) groups excluding carboxylic acids is 2. The maximum absolute atomic E-state index is 13.7. The highest BCUT2D eigenvalue weighted by molar-refractivity contribution is 7.80. The monoisotopic (exact) mass is 469 g/mol. The number of nitrogens with zero attached hydrogens (tertiary/aromatic N) is 2. The number of piperidine rings is 1. The first-order valence-electron chi connectivity index (χ1n) is 11.0. The molecule has 2 amide bonds. The fraction of sp³-hybridized carbons (Fsp3) is 0.818. The van der Waals surface area contributed by atoms with Crippen molar-refractivity contribution in [2.45, 2.75) is 84.5 Å². The van der Waals surface area contributed by atoms with Gasteiger partial charge in [-0.3, -0.25) is 9.59 Å². The summed E-state index contributed by atoms with van der Waals surface area (Å²) < 4.78 is 26.3. The SMILES string of the molecule is C[C@@H](C#N)NC(=O)[C@@H]1[C@@H]2[C@H](CN1C(=O)[C@@H](NC(=S)NC1CC(F)(F)C1)C(C)(C)C)C2(C)C. The summed E-state index contributed by atoms with van der Waals surface area (Å²) in [5.74, 6) is -3.01. The van der Waals surface area contributed by atoms with Gasteiger partial charge < -0.3 is 20.9 Å². The zero-order valence-corrected chi connectivity index (χ0v) is 20.3. The lowest BCUT2D eigenvalue weighted by atomic mass is 9.85. The Morgan fingerprint density at radius 1 is 1.22 bits per heavy atom. The number of hydrogen-bond acceptors (Lipinski definition) is 4. The molecule has 2 aliphatic carbocycles. The Labute approximate surface area is 193 Å². The summed E-state index contributed by atoms with van der Waals surface area (Å²) in [6, 6.07) is -0.487. The highest BCUT2D eigenvalue weighted by Gasteiger charge is 2.69. The number of likely N-dealkylation sites (tertiary alicyclic amines) is 1. The number of nitrogens with one attached hydrogen (secondary N) is 3. The van der Waals surface area contributed by atoms with Crippen LogP contribution in [0.15, 0.2) is 0 Å². The van der Waals surface area contributed by atoms with Gasteiger partial charge in [-0.1, -0.05) is 34.6 Å². The topological polar surface area (TPSA) is 97.3 Å². The van der Waals surface area contributed by atoms with Crippen molar-refractivity contribution in [2.24, 2.45) is 22.7 Å². The standard InChI is InChI=1S/C22H33F2N5O2S/c1-11(9-25)26-17(30)15-14-13(21(14,5)6)10-29(15)18(31)16(20(2,3)4)28-19(32)27-12-7-22(23,24)8-12/h11-16H,7-8,10H2,1-6H3,(H,26,30)(H2,27,28,32)/t11-,13-,14-,15-,16+/m0/s1. The van der Waals surface area contributed by atoms with Gasteiger partial charge in [-0.15, -0.1) is 0 Å². The Bertz CT molecular complexity index is 842. The van der Waals surface area contributed by atoms with Gasteiger partial charge in [0.2, 0.25) is 11.8 Å². The Hall–Kier alpha value is -2.02. The molecular weight excluding hydrogens is 436 g/mol. The molecule has 2 saturated carbocycles. The molecule has 0 bridgehead atoms. The van der Waals surface area contributed by atoms with Gasteiger partial charge in [0.15, 0.2) is 5.11 Å². The van der Waals surface area contributed by atoms with Gasteiger partial charge in [-0.2, -0.15) is 5.26 Å². The van der Waals surface area contributed by atoms with Crippen molar-refractivity contribution in [2.75, 3.05) is 6.54 Å². The molecule has 178 valence electrons. The van der Waals surface area contributed by atoms with Crippen LogP contribution >= 0.6 is 12.2 Å². The lowest BCUT2D eigenvalue weighted by molar-refractivity contribution is -0.143. The molecule has 0 aromatic heterocycles. The second kappa shape index (κ2) is 8.08. The quantitative estimate of drug-likeness (QED) is 0.534. The van der Waals surface area contributed by atoms with Gasteiger partial charge in [0.25, 0.3) is 5.92 Å². The first kappa shape index (κ1) is 24.6.